The van der Waals surface area contributed by atoms with Crippen LogP contribution in [-0.2, 0) is 4.87 Å². The molecular weight excluding hydrogens is 166 g/mol. The first-order valence-corrected chi connectivity index (χ1v) is 5.24. The fourth-order valence-electron chi connectivity index (χ4n) is 1.54. The maximum atomic E-state index is 3.51. The standard InChI is InChI=1S/C10H13NS/c1-10(11-7-8-12-10)9-5-3-2-4-6-9/h2-6,11H,7-8H2,1H3/t10-/m0/s1. The number of benzene rings is 1. The highest BCUT2D eigenvalue weighted by atomic mass is 32.2. The van der Waals surface area contributed by atoms with E-state index in [2.05, 4.69) is 42.6 Å². The van der Waals surface area contributed by atoms with Crippen LogP contribution in [0, 0.1) is 0 Å². The van der Waals surface area contributed by atoms with Gasteiger partial charge in [-0.15, -0.1) is 11.8 Å². The molecule has 1 heterocycles. The maximum absolute atomic E-state index is 3.51. The van der Waals surface area contributed by atoms with E-state index >= 15 is 0 Å². The fourth-order valence-corrected chi connectivity index (χ4v) is 2.66. The van der Waals surface area contributed by atoms with Gasteiger partial charge in [0.15, 0.2) is 0 Å². The first-order valence-electron chi connectivity index (χ1n) is 4.26. The lowest BCUT2D eigenvalue weighted by Gasteiger charge is -2.23. The van der Waals surface area contributed by atoms with E-state index < -0.39 is 0 Å². The summed E-state index contributed by atoms with van der Waals surface area (Å²) in [6.45, 7) is 3.37. The van der Waals surface area contributed by atoms with Crippen molar-refractivity contribution in [2.75, 3.05) is 12.3 Å². The van der Waals surface area contributed by atoms with Gasteiger partial charge in [0.1, 0.15) is 0 Å². The quantitative estimate of drug-likeness (QED) is 0.709. The summed E-state index contributed by atoms with van der Waals surface area (Å²) >= 11 is 1.99. The van der Waals surface area contributed by atoms with Crippen molar-refractivity contribution in [3.05, 3.63) is 35.9 Å². The molecule has 1 atom stereocenters. The number of rotatable bonds is 1. The number of thioether (sulfide) groups is 1. The Bertz CT molecular complexity index is 252. The Labute approximate surface area is 77.6 Å². The summed E-state index contributed by atoms with van der Waals surface area (Å²) in [6, 6.07) is 10.6. The van der Waals surface area contributed by atoms with Gasteiger partial charge in [-0.25, -0.2) is 0 Å². The van der Waals surface area contributed by atoms with Crippen molar-refractivity contribution in [3.8, 4) is 0 Å². The molecule has 1 aliphatic heterocycles. The Morgan fingerprint density at radius 1 is 1.33 bits per heavy atom. The van der Waals surface area contributed by atoms with Crippen molar-refractivity contribution >= 4 is 11.8 Å². The van der Waals surface area contributed by atoms with E-state index in [-0.39, 0.29) is 4.87 Å². The molecule has 1 nitrogen and oxygen atoms in total. The zero-order valence-corrected chi connectivity index (χ0v) is 8.03. The molecule has 0 aromatic heterocycles. The normalized spacial score (nSPS) is 29.1. The van der Waals surface area contributed by atoms with Crippen molar-refractivity contribution < 1.29 is 0 Å². The molecule has 0 bridgehead atoms. The topological polar surface area (TPSA) is 12.0 Å². The fraction of sp³-hybridized carbons (Fsp3) is 0.400. The Hall–Kier alpha value is -0.470. The van der Waals surface area contributed by atoms with Gasteiger partial charge in [-0.05, 0) is 12.5 Å². The van der Waals surface area contributed by atoms with Crippen LogP contribution in [0.25, 0.3) is 0 Å². The van der Waals surface area contributed by atoms with Crippen LogP contribution in [0.5, 0.6) is 0 Å². The van der Waals surface area contributed by atoms with E-state index in [1.54, 1.807) is 0 Å². The largest absolute Gasteiger partial charge is 0.298 e. The van der Waals surface area contributed by atoms with Crippen LogP contribution in [0.4, 0.5) is 0 Å². The molecule has 1 fully saturated rings. The molecule has 1 aromatic rings. The van der Waals surface area contributed by atoms with Gasteiger partial charge in [0.25, 0.3) is 0 Å². The van der Waals surface area contributed by atoms with E-state index in [0.717, 1.165) is 6.54 Å². The SMILES string of the molecule is C[C@]1(c2ccccc2)NCCS1. The Kier molecular flexibility index (Phi) is 2.11. The molecule has 1 aromatic carbocycles. The summed E-state index contributed by atoms with van der Waals surface area (Å²) in [5.41, 5.74) is 1.38. The summed E-state index contributed by atoms with van der Waals surface area (Å²) in [4.78, 5) is 0.154. The summed E-state index contributed by atoms with van der Waals surface area (Å²) < 4.78 is 0. The van der Waals surface area contributed by atoms with E-state index in [9.17, 15) is 0 Å². The lowest BCUT2D eigenvalue weighted by molar-refractivity contribution is 0.575. The Morgan fingerprint density at radius 3 is 2.67 bits per heavy atom. The van der Waals surface area contributed by atoms with Crippen LogP contribution in [0.1, 0.15) is 12.5 Å². The molecule has 0 aliphatic carbocycles. The molecule has 1 aliphatic rings. The highest BCUT2D eigenvalue weighted by molar-refractivity contribution is 8.00. The molecule has 12 heavy (non-hydrogen) atoms. The van der Waals surface area contributed by atoms with E-state index in [4.69, 9.17) is 0 Å². The molecule has 1 saturated heterocycles. The average molecular weight is 179 g/mol. The van der Waals surface area contributed by atoms with Gasteiger partial charge in [-0.1, -0.05) is 30.3 Å². The minimum absolute atomic E-state index is 0.154. The molecule has 2 heteroatoms. The molecular formula is C10H13NS. The average Bonchev–Trinajstić information content (AvgIpc) is 2.55. The van der Waals surface area contributed by atoms with Crippen LogP contribution in [0.3, 0.4) is 0 Å². The van der Waals surface area contributed by atoms with Gasteiger partial charge in [0.2, 0.25) is 0 Å². The van der Waals surface area contributed by atoms with E-state index in [1.165, 1.54) is 11.3 Å². The van der Waals surface area contributed by atoms with Gasteiger partial charge >= 0.3 is 0 Å². The molecule has 0 saturated carbocycles. The molecule has 1 N–H and O–H groups in total. The molecule has 0 radical (unpaired) electrons. The second-order valence-electron chi connectivity index (χ2n) is 3.17. The third-order valence-corrected chi connectivity index (χ3v) is 3.65. The zero-order valence-electron chi connectivity index (χ0n) is 7.21. The zero-order chi connectivity index (χ0) is 8.44. The summed E-state index contributed by atoms with van der Waals surface area (Å²) in [5.74, 6) is 1.21. The monoisotopic (exact) mass is 179 g/mol. The van der Waals surface area contributed by atoms with Gasteiger partial charge in [-0.2, -0.15) is 0 Å². The van der Waals surface area contributed by atoms with Crippen molar-refractivity contribution in [1.82, 2.24) is 5.32 Å². The Balaban J connectivity index is 2.29. The molecule has 2 rings (SSSR count). The van der Waals surface area contributed by atoms with Gasteiger partial charge in [-0.3, -0.25) is 5.32 Å². The second-order valence-corrected chi connectivity index (χ2v) is 4.69. The van der Waals surface area contributed by atoms with Crippen LogP contribution in [0.15, 0.2) is 30.3 Å². The Morgan fingerprint density at radius 2 is 2.08 bits per heavy atom. The minimum Gasteiger partial charge on any atom is -0.298 e. The number of hydrogen-bond acceptors (Lipinski definition) is 2. The molecule has 0 unspecified atom stereocenters. The van der Waals surface area contributed by atoms with Gasteiger partial charge < -0.3 is 0 Å². The van der Waals surface area contributed by atoms with E-state index in [0.29, 0.717) is 0 Å². The van der Waals surface area contributed by atoms with E-state index in [1.807, 2.05) is 11.8 Å². The summed E-state index contributed by atoms with van der Waals surface area (Å²) in [5, 5.41) is 3.51. The summed E-state index contributed by atoms with van der Waals surface area (Å²) in [6.07, 6.45) is 0. The molecule has 64 valence electrons. The van der Waals surface area contributed by atoms with Crippen molar-refractivity contribution in [2.24, 2.45) is 0 Å². The highest BCUT2D eigenvalue weighted by Gasteiger charge is 2.30. The van der Waals surface area contributed by atoms with Crippen molar-refractivity contribution in [2.45, 2.75) is 11.8 Å². The first kappa shape index (κ1) is 8.14. The van der Waals surface area contributed by atoms with Crippen molar-refractivity contribution in [3.63, 3.8) is 0 Å². The molecule has 0 spiro atoms. The van der Waals surface area contributed by atoms with Crippen molar-refractivity contribution in [1.29, 1.82) is 0 Å². The van der Waals surface area contributed by atoms with Crippen LogP contribution in [0.2, 0.25) is 0 Å². The maximum Gasteiger partial charge on any atom is 0.0873 e. The number of hydrogen-bond donors (Lipinski definition) is 1. The second kappa shape index (κ2) is 3.11. The predicted molar refractivity (Wildman–Crippen MR) is 54.3 cm³/mol. The third kappa shape index (κ3) is 1.37. The van der Waals surface area contributed by atoms with Gasteiger partial charge in [0.05, 0.1) is 4.87 Å². The van der Waals surface area contributed by atoms with Gasteiger partial charge in [0, 0.05) is 12.3 Å². The van der Waals surface area contributed by atoms with Crippen LogP contribution < -0.4 is 5.32 Å². The highest BCUT2D eigenvalue weighted by Crippen LogP contribution is 2.36. The third-order valence-electron chi connectivity index (χ3n) is 2.28. The number of nitrogens with one attached hydrogen (secondary N) is 1. The predicted octanol–water partition coefficient (Wildman–Crippen LogP) is 2.20. The van der Waals surface area contributed by atoms with Crippen LogP contribution >= 0.6 is 11.8 Å². The first-order chi connectivity index (χ1) is 5.81. The smallest absolute Gasteiger partial charge is 0.0873 e. The summed E-state index contributed by atoms with van der Waals surface area (Å²) in [7, 11) is 0. The van der Waals surface area contributed by atoms with Crippen LogP contribution in [-0.4, -0.2) is 12.3 Å². The lowest BCUT2D eigenvalue weighted by Crippen LogP contribution is -2.30. The molecule has 0 amide bonds. The minimum atomic E-state index is 0.154. The lowest BCUT2D eigenvalue weighted by atomic mass is 10.1.